The molecular formula is C22H24N6OS. The van der Waals surface area contributed by atoms with Crippen LogP contribution in [0.3, 0.4) is 0 Å². The summed E-state index contributed by atoms with van der Waals surface area (Å²) in [5.74, 6) is 1.17. The molecule has 2 aromatic heterocycles. The maximum atomic E-state index is 13.3. The molecule has 8 heteroatoms. The van der Waals surface area contributed by atoms with Crippen LogP contribution in [0.4, 0.5) is 0 Å². The third-order valence-electron chi connectivity index (χ3n) is 5.21. The van der Waals surface area contributed by atoms with E-state index in [2.05, 4.69) is 47.6 Å². The molecule has 0 spiro atoms. The molecule has 0 aliphatic carbocycles. The Hall–Kier alpha value is -3.13. The van der Waals surface area contributed by atoms with E-state index in [0.717, 1.165) is 17.1 Å². The van der Waals surface area contributed by atoms with Crippen molar-refractivity contribution >= 4 is 11.8 Å². The van der Waals surface area contributed by atoms with E-state index in [4.69, 9.17) is 0 Å². The summed E-state index contributed by atoms with van der Waals surface area (Å²) in [6, 6.07) is 18.0. The van der Waals surface area contributed by atoms with Crippen LogP contribution in [0.15, 0.2) is 64.5 Å². The van der Waals surface area contributed by atoms with Crippen LogP contribution in [0.25, 0.3) is 11.4 Å². The Morgan fingerprint density at radius 1 is 1.03 bits per heavy atom. The van der Waals surface area contributed by atoms with E-state index in [9.17, 15) is 4.79 Å². The molecule has 154 valence electrons. The largest absolute Gasteiger partial charge is 0.297 e. The molecule has 0 aliphatic heterocycles. The number of hydrogen-bond acceptors (Lipinski definition) is 5. The Labute approximate surface area is 179 Å². The third-order valence-corrected chi connectivity index (χ3v) is 6.18. The van der Waals surface area contributed by atoms with Crippen molar-refractivity contribution in [2.45, 2.75) is 37.6 Å². The molecule has 0 fully saturated rings. The summed E-state index contributed by atoms with van der Waals surface area (Å²) in [5, 5.41) is 12.8. The molecule has 7 nitrogen and oxygen atoms in total. The predicted molar refractivity (Wildman–Crippen MR) is 119 cm³/mol. The van der Waals surface area contributed by atoms with Crippen molar-refractivity contribution in [3.05, 3.63) is 81.8 Å². The fourth-order valence-corrected chi connectivity index (χ4v) is 4.47. The van der Waals surface area contributed by atoms with Crippen LogP contribution in [0.1, 0.15) is 36.6 Å². The first kappa shape index (κ1) is 20.2. The molecule has 0 atom stereocenters. The number of tetrazole rings is 1. The van der Waals surface area contributed by atoms with Gasteiger partial charge in [-0.3, -0.25) is 9.48 Å². The van der Waals surface area contributed by atoms with E-state index < -0.39 is 0 Å². The summed E-state index contributed by atoms with van der Waals surface area (Å²) in [6.45, 7) is 6.28. The van der Waals surface area contributed by atoms with Crippen LogP contribution in [0.5, 0.6) is 0 Å². The fraction of sp³-hybridized carbons (Fsp3) is 0.273. The molecule has 0 saturated heterocycles. The molecule has 4 aromatic rings. The molecule has 0 aliphatic rings. The van der Waals surface area contributed by atoms with Gasteiger partial charge >= 0.3 is 0 Å². The minimum Gasteiger partial charge on any atom is -0.283 e. The second kappa shape index (κ2) is 8.31. The zero-order chi connectivity index (χ0) is 21.3. The lowest BCUT2D eigenvalue weighted by Crippen LogP contribution is -2.22. The van der Waals surface area contributed by atoms with Crippen LogP contribution in [-0.4, -0.2) is 29.6 Å². The minimum absolute atomic E-state index is 0.155. The molecule has 0 radical (unpaired) electrons. The van der Waals surface area contributed by atoms with E-state index in [1.54, 1.807) is 9.36 Å². The number of para-hydroxylation sites is 1. The van der Waals surface area contributed by atoms with Crippen LogP contribution in [0.2, 0.25) is 0 Å². The maximum absolute atomic E-state index is 13.3. The maximum Gasteiger partial charge on any atom is 0.297 e. The van der Waals surface area contributed by atoms with Gasteiger partial charge in [0.1, 0.15) is 0 Å². The van der Waals surface area contributed by atoms with Crippen molar-refractivity contribution in [2.75, 3.05) is 0 Å². The first-order valence-electron chi connectivity index (χ1n) is 9.82. The van der Waals surface area contributed by atoms with Crippen LogP contribution in [0, 0.1) is 6.92 Å². The SMILES string of the molecule is Cc1c(-n2nnnc2SCc2ccccc2C(C)C)c(=O)n(-c2ccccc2)n1C. The lowest BCUT2D eigenvalue weighted by molar-refractivity contribution is 0.630. The summed E-state index contributed by atoms with van der Waals surface area (Å²) in [4.78, 5) is 13.3. The van der Waals surface area contributed by atoms with Gasteiger partial charge in [0.25, 0.3) is 5.56 Å². The summed E-state index contributed by atoms with van der Waals surface area (Å²) in [7, 11) is 1.86. The van der Waals surface area contributed by atoms with Gasteiger partial charge in [0.15, 0.2) is 5.69 Å². The van der Waals surface area contributed by atoms with Crippen LogP contribution in [-0.2, 0) is 12.8 Å². The van der Waals surface area contributed by atoms with Crippen LogP contribution < -0.4 is 5.56 Å². The molecule has 0 N–H and O–H groups in total. The lowest BCUT2D eigenvalue weighted by Gasteiger charge is -2.11. The number of thioether (sulfide) groups is 1. The van der Waals surface area contributed by atoms with Crippen molar-refractivity contribution in [2.24, 2.45) is 7.05 Å². The van der Waals surface area contributed by atoms with Gasteiger partial charge in [-0.25, -0.2) is 4.68 Å². The Morgan fingerprint density at radius 3 is 2.47 bits per heavy atom. The number of aromatic nitrogens is 6. The lowest BCUT2D eigenvalue weighted by atomic mass is 9.98. The first-order valence-corrected chi connectivity index (χ1v) is 10.8. The first-order chi connectivity index (χ1) is 14.5. The highest BCUT2D eigenvalue weighted by Crippen LogP contribution is 2.27. The monoisotopic (exact) mass is 420 g/mol. The average Bonchev–Trinajstić information content (AvgIpc) is 3.29. The Balaban J connectivity index is 1.70. The van der Waals surface area contributed by atoms with E-state index in [-0.39, 0.29) is 5.56 Å². The Kier molecular flexibility index (Phi) is 5.59. The van der Waals surface area contributed by atoms with Crippen LogP contribution >= 0.6 is 11.8 Å². The molecule has 0 unspecified atom stereocenters. The van der Waals surface area contributed by atoms with E-state index in [1.807, 2.05) is 55.1 Å². The second-order valence-corrected chi connectivity index (χ2v) is 8.37. The zero-order valence-electron chi connectivity index (χ0n) is 17.5. The van der Waals surface area contributed by atoms with Gasteiger partial charge in [0.2, 0.25) is 5.16 Å². The van der Waals surface area contributed by atoms with Crippen molar-refractivity contribution in [3.8, 4) is 11.4 Å². The van der Waals surface area contributed by atoms with Crippen molar-refractivity contribution in [1.29, 1.82) is 0 Å². The van der Waals surface area contributed by atoms with Gasteiger partial charge in [-0.2, -0.15) is 4.68 Å². The van der Waals surface area contributed by atoms with Crippen molar-refractivity contribution in [3.63, 3.8) is 0 Å². The van der Waals surface area contributed by atoms with Gasteiger partial charge < -0.3 is 0 Å². The second-order valence-electron chi connectivity index (χ2n) is 7.43. The zero-order valence-corrected chi connectivity index (χ0v) is 18.3. The normalized spacial score (nSPS) is 11.4. The fourth-order valence-electron chi connectivity index (χ4n) is 3.58. The van der Waals surface area contributed by atoms with Gasteiger partial charge in [-0.05, 0) is 46.5 Å². The topological polar surface area (TPSA) is 70.5 Å². The van der Waals surface area contributed by atoms with E-state index >= 15 is 0 Å². The highest BCUT2D eigenvalue weighted by molar-refractivity contribution is 7.98. The molecule has 30 heavy (non-hydrogen) atoms. The molecule has 4 rings (SSSR count). The average molecular weight is 421 g/mol. The summed E-state index contributed by atoms with van der Waals surface area (Å²) >= 11 is 1.53. The quantitative estimate of drug-likeness (QED) is 0.443. The van der Waals surface area contributed by atoms with Gasteiger partial charge in [0.05, 0.1) is 11.4 Å². The van der Waals surface area contributed by atoms with E-state index in [0.29, 0.717) is 16.8 Å². The summed E-state index contributed by atoms with van der Waals surface area (Å²) in [5.41, 5.74) is 4.46. The molecule has 0 amide bonds. The predicted octanol–water partition coefficient (Wildman–Crippen LogP) is 3.88. The van der Waals surface area contributed by atoms with Crippen molar-refractivity contribution < 1.29 is 0 Å². The molecule has 0 bridgehead atoms. The van der Waals surface area contributed by atoms with Crippen molar-refractivity contribution in [1.82, 2.24) is 29.6 Å². The highest BCUT2D eigenvalue weighted by atomic mass is 32.2. The number of benzene rings is 2. The standard InChI is InChI=1S/C22H24N6OS/c1-15(2)19-13-9-8-10-17(19)14-30-22-23-24-25-27(22)20-16(3)26(4)28(21(20)29)18-11-6-5-7-12-18/h5-13,15H,14H2,1-4H3. The highest BCUT2D eigenvalue weighted by Gasteiger charge is 2.22. The molecular weight excluding hydrogens is 396 g/mol. The number of hydrogen-bond donors (Lipinski definition) is 0. The summed E-state index contributed by atoms with van der Waals surface area (Å²) < 4.78 is 5.02. The molecule has 2 aromatic carbocycles. The Morgan fingerprint density at radius 2 is 1.73 bits per heavy atom. The molecule has 0 saturated carbocycles. The number of rotatable bonds is 6. The van der Waals surface area contributed by atoms with Gasteiger partial charge in [0, 0.05) is 12.8 Å². The van der Waals surface area contributed by atoms with Gasteiger partial charge in [-0.15, -0.1) is 5.10 Å². The minimum atomic E-state index is -0.155. The summed E-state index contributed by atoms with van der Waals surface area (Å²) in [6.07, 6.45) is 0. The van der Waals surface area contributed by atoms with Gasteiger partial charge in [-0.1, -0.05) is 68.1 Å². The molecule has 2 heterocycles. The van der Waals surface area contributed by atoms with E-state index in [1.165, 1.54) is 22.9 Å². The smallest absolute Gasteiger partial charge is 0.283 e. The number of nitrogens with zero attached hydrogens (tertiary/aromatic N) is 6. The Bertz CT molecular complexity index is 1220. The third kappa shape index (κ3) is 3.59.